The van der Waals surface area contributed by atoms with Crippen LogP contribution in [0.5, 0.6) is 0 Å². The first-order valence-electron chi connectivity index (χ1n) is 9.24. The maximum atomic E-state index is 13.0. The van der Waals surface area contributed by atoms with E-state index < -0.39 is 15.7 Å². The Morgan fingerprint density at radius 1 is 1.23 bits per heavy atom. The van der Waals surface area contributed by atoms with Crippen molar-refractivity contribution in [1.29, 1.82) is 0 Å². The fraction of sp³-hybridized carbons (Fsp3) is 0.632. The lowest BCUT2D eigenvalue weighted by Crippen LogP contribution is -2.43. The van der Waals surface area contributed by atoms with Crippen LogP contribution in [-0.2, 0) is 19.4 Å². The van der Waals surface area contributed by atoms with E-state index in [4.69, 9.17) is 4.74 Å². The van der Waals surface area contributed by atoms with Crippen LogP contribution in [-0.4, -0.2) is 50.8 Å². The molecule has 0 spiro atoms. The third kappa shape index (κ3) is 4.09. The molecule has 1 aliphatic carbocycles. The van der Waals surface area contributed by atoms with Crippen molar-refractivity contribution in [2.75, 3.05) is 19.4 Å². The van der Waals surface area contributed by atoms with Crippen LogP contribution in [0.3, 0.4) is 0 Å². The number of halogens is 1. The van der Waals surface area contributed by atoms with Crippen LogP contribution in [0.25, 0.3) is 0 Å². The van der Waals surface area contributed by atoms with Gasteiger partial charge in [-0.25, -0.2) is 12.8 Å². The van der Waals surface area contributed by atoms with Gasteiger partial charge in [0.15, 0.2) is 9.84 Å². The first-order valence-corrected chi connectivity index (χ1v) is 10.9. The molecule has 1 saturated heterocycles. The number of ether oxygens (including phenoxy) is 1. The predicted molar refractivity (Wildman–Crippen MR) is 95.9 cm³/mol. The van der Waals surface area contributed by atoms with Crippen molar-refractivity contribution in [1.82, 2.24) is 4.90 Å². The number of esters is 1. The number of fused-ring (bicyclic) bond motifs is 1. The maximum Gasteiger partial charge on any atom is 0.323 e. The Balaban J connectivity index is 1.64. The third-order valence-electron chi connectivity index (χ3n) is 5.70. The predicted octanol–water partition coefficient (Wildman–Crippen LogP) is 2.80. The number of sulfone groups is 1. The van der Waals surface area contributed by atoms with Crippen LogP contribution < -0.4 is 0 Å². The summed E-state index contributed by atoms with van der Waals surface area (Å²) < 4.78 is 42.8. The summed E-state index contributed by atoms with van der Waals surface area (Å²) in [6.07, 6.45) is 5.78. The quantitative estimate of drug-likeness (QED) is 0.558. The molecule has 1 heterocycles. The van der Waals surface area contributed by atoms with Crippen LogP contribution in [0.15, 0.2) is 29.2 Å². The zero-order valence-corrected chi connectivity index (χ0v) is 15.9. The second kappa shape index (κ2) is 8.05. The van der Waals surface area contributed by atoms with Crippen molar-refractivity contribution in [2.45, 2.75) is 55.5 Å². The van der Waals surface area contributed by atoms with Gasteiger partial charge in [-0.1, -0.05) is 12.8 Å². The summed E-state index contributed by atoms with van der Waals surface area (Å²) in [7, 11) is -2.05. The molecular weight excluding hydrogens is 357 g/mol. The van der Waals surface area contributed by atoms with E-state index in [1.165, 1.54) is 25.7 Å². The highest BCUT2D eigenvalue weighted by atomic mass is 32.2. The molecule has 2 aliphatic rings. The van der Waals surface area contributed by atoms with E-state index in [0.717, 1.165) is 37.8 Å². The Bertz CT molecular complexity index is 734. The zero-order chi connectivity index (χ0) is 18.7. The molecule has 5 nitrogen and oxygen atoms in total. The van der Waals surface area contributed by atoms with Gasteiger partial charge < -0.3 is 4.74 Å². The van der Waals surface area contributed by atoms with Gasteiger partial charge in [0.05, 0.1) is 17.8 Å². The molecule has 3 rings (SSSR count). The maximum absolute atomic E-state index is 13.0. The Morgan fingerprint density at radius 2 is 1.92 bits per heavy atom. The van der Waals surface area contributed by atoms with E-state index in [0.29, 0.717) is 24.9 Å². The Hall–Kier alpha value is -1.47. The highest BCUT2D eigenvalue weighted by Crippen LogP contribution is 2.40. The number of carbonyl (C=O) groups excluding carboxylic acids is 1. The van der Waals surface area contributed by atoms with Crippen LogP contribution in [0, 0.1) is 11.7 Å². The van der Waals surface area contributed by atoms with Gasteiger partial charge in [0.25, 0.3) is 0 Å². The van der Waals surface area contributed by atoms with Crippen LogP contribution >= 0.6 is 0 Å². The smallest absolute Gasteiger partial charge is 0.323 e. The van der Waals surface area contributed by atoms with Gasteiger partial charge in [0.1, 0.15) is 11.9 Å². The number of hydrogen-bond acceptors (Lipinski definition) is 5. The zero-order valence-electron chi connectivity index (χ0n) is 15.1. The summed E-state index contributed by atoms with van der Waals surface area (Å²) in [4.78, 5) is 14.5. The van der Waals surface area contributed by atoms with E-state index in [9.17, 15) is 17.6 Å². The van der Waals surface area contributed by atoms with E-state index in [1.807, 2.05) is 0 Å². The highest BCUT2D eigenvalue weighted by Gasteiger charge is 2.45. The van der Waals surface area contributed by atoms with Gasteiger partial charge in [-0.05, 0) is 55.9 Å². The monoisotopic (exact) mass is 383 g/mol. The number of nitrogens with zero attached hydrogens (tertiary/aromatic N) is 1. The molecule has 26 heavy (non-hydrogen) atoms. The SMILES string of the molecule is COC(=O)C1CC2CCCCC2N1CCCS(=O)(=O)c1ccc(F)cc1. The van der Waals surface area contributed by atoms with Crippen molar-refractivity contribution in [3.05, 3.63) is 30.1 Å². The average molecular weight is 383 g/mol. The summed E-state index contributed by atoms with van der Waals surface area (Å²) in [5.74, 6) is -0.187. The molecule has 1 aromatic carbocycles. The average Bonchev–Trinajstić information content (AvgIpc) is 3.00. The number of benzene rings is 1. The van der Waals surface area contributed by atoms with Gasteiger partial charge in [-0.2, -0.15) is 0 Å². The van der Waals surface area contributed by atoms with E-state index in [-0.39, 0.29) is 22.7 Å². The topological polar surface area (TPSA) is 63.7 Å². The van der Waals surface area contributed by atoms with Gasteiger partial charge in [-0.15, -0.1) is 0 Å². The minimum absolute atomic E-state index is 0.0135. The Kier molecular flexibility index (Phi) is 5.97. The number of likely N-dealkylation sites (tertiary alicyclic amines) is 1. The lowest BCUT2D eigenvalue weighted by molar-refractivity contribution is -0.146. The normalized spacial score (nSPS) is 26.5. The second-order valence-electron chi connectivity index (χ2n) is 7.25. The molecule has 1 saturated carbocycles. The van der Waals surface area contributed by atoms with Gasteiger partial charge in [0.2, 0.25) is 0 Å². The molecule has 7 heteroatoms. The van der Waals surface area contributed by atoms with Crippen LogP contribution in [0.2, 0.25) is 0 Å². The number of hydrogen-bond donors (Lipinski definition) is 0. The van der Waals surface area contributed by atoms with E-state index in [1.54, 1.807) is 0 Å². The molecule has 3 unspecified atom stereocenters. The standard InChI is InChI=1S/C19H26FNO4S/c1-25-19(22)18-13-14-5-2-3-6-17(14)21(18)11-4-12-26(23,24)16-9-7-15(20)8-10-16/h7-10,14,17-18H,2-6,11-13H2,1H3. The Labute approximate surface area is 154 Å². The van der Waals surface area contributed by atoms with Crippen molar-refractivity contribution < 1.29 is 22.3 Å². The van der Waals surface area contributed by atoms with Gasteiger partial charge in [0, 0.05) is 12.6 Å². The summed E-state index contributed by atoms with van der Waals surface area (Å²) in [5, 5.41) is 0. The Morgan fingerprint density at radius 3 is 2.62 bits per heavy atom. The highest BCUT2D eigenvalue weighted by molar-refractivity contribution is 7.91. The molecule has 0 N–H and O–H groups in total. The molecule has 0 amide bonds. The molecule has 1 aliphatic heterocycles. The minimum Gasteiger partial charge on any atom is -0.468 e. The lowest BCUT2D eigenvalue weighted by Gasteiger charge is -2.33. The summed E-state index contributed by atoms with van der Waals surface area (Å²) in [5.41, 5.74) is 0. The van der Waals surface area contributed by atoms with Crippen molar-refractivity contribution in [3.63, 3.8) is 0 Å². The summed E-state index contributed by atoms with van der Waals surface area (Å²) >= 11 is 0. The molecular formula is C19H26FNO4S. The van der Waals surface area contributed by atoms with Gasteiger partial charge in [-0.3, -0.25) is 9.69 Å². The number of carbonyl (C=O) groups is 1. The molecule has 1 aromatic rings. The summed E-state index contributed by atoms with van der Waals surface area (Å²) in [6, 6.07) is 5.01. The van der Waals surface area contributed by atoms with E-state index >= 15 is 0 Å². The number of methoxy groups -OCH3 is 1. The second-order valence-corrected chi connectivity index (χ2v) is 9.36. The summed E-state index contributed by atoms with van der Waals surface area (Å²) in [6.45, 7) is 0.557. The van der Waals surface area contributed by atoms with Gasteiger partial charge >= 0.3 is 5.97 Å². The van der Waals surface area contributed by atoms with Crippen molar-refractivity contribution in [2.24, 2.45) is 5.92 Å². The molecule has 0 radical (unpaired) electrons. The lowest BCUT2D eigenvalue weighted by atomic mass is 9.85. The first kappa shape index (κ1) is 19.3. The fourth-order valence-corrected chi connectivity index (χ4v) is 5.73. The molecule has 144 valence electrons. The molecule has 0 aromatic heterocycles. The van der Waals surface area contributed by atoms with E-state index in [2.05, 4.69) is 4.90 Å². The van der Waals surface area contributed by atoms with Crippen LogP contribution in [0.1, 0.15) is 38.5 Å². The number of rotatable bonds is 6. The third-order valence-corrected chi connectivity index (χ3v) is 7.51. The fourth-order valence-electron chi connectivity index (χ4n) is 4.44. The molecule has 2 fully saturated rings. The first-order chi connectivity index (χ1) is 12.4. The minimum atomic E-state index is -3.45. The molecule has 3 atom stereocenters. The van der Waals surface area contributed by atoms with Crippen LogP contribution in [0.4, 0.5) is 4.39 Å². The largest absolute Gasteiger partial charge is 0.468 e. The van der Waals surface area contributed by atoms with Crippen molar-refractivity contribution >= 4 is 15.8 Å². The van der Waals surface area contributed by atoms with Crippen molar-refractivity contribution in [3.8, 4) is 0 Å². The molecule has 0 bridgehead atoms.